The number of aromatic nitrogens is 1. The Morgan fingerprint density at radius 2 is 2.17 bits per heavy atom. The van der Waals surface area contributed by atoms with Gasteiger partial charge in [0.25, 0.3) is 5.91 Å². The molecule has 1 aromatic carbocycles. The van der Waals surface area contributed by atoms with Crippen molar-refractivity contribution in [2.24, 2.45) is 0 Å². The monoisotopic (exact) mass is 374 g/mol. The lowest BCUT2D eigenvalue weighted by atomic mass is 10.0. The molecular formula is C17H15BrN2O3. The van der Waals surface area contributed by atoms with Gasteiger partial charge in [0.05, 0.1) is 11.3 Å². The first-order chi connectivity index (χ1) is 11.0. The predicted molar refractivity (Wildman–Crippen MR) is 92.1 cm³/mol. The quantitative estimate of drug-likeness (QED) is 0.715. The maximum atomic E-state index is 12.2. The van der Waals surface area contributed by atoms with E-state index in [9.17, 15) is 9.59 Å². The van der Waals surface area contributed by atoms with Gasteiger partial charge in [-0.05, 0) is 42.7 Å². The van der Waals surface area contributed by atoms with Crippen molar-refractivity contribution in [3.8, 4) is 0 Å². The average molecular weight is 375 g/mol. The van der Waals surface area contributed by atoms with E-state index in [2.05, 4.69) is 26.2 Å². The van der Waals surface area contributed by atoms with Gasteiger partial charge in [0.2, 0.25) is 0 Å². The molecule has 3 rings (SSSR count). The Morgan fingerprint density at radius 1 is 1.39 bits per heavy atom. The Labute approximate surface area is 141 Å². The fourth-order valence-electron chi connectivity index (χ4n) is 2.66. The van der Waals surface area contributed by atoms with E-state index in [4.69, 9.17) is 5.11 Å². The Bertz CT molecular complexity index is 836. The minimum atomic E-state index is -0.819. The van der Waals surface area contributed by atoms with Gasteiger partial charge >= 0.3 is 5.97 Å². The highest BCUT2D eigenvalue weighted by atomic mass is 79.9. The molecule has 0 bridgehead atoms. The summed E-state index contributed by atoms with van der Waals surface area (Å²) in [6, 6.07) is 5.66. The number of anilines is 1. The molecule has 1 aromatic heterocycles. The van der Waals surface area contributed by atoms with Crippen molar-refractivity contribution in [3.63, 3.8) is 0 Å². The lowest BCUT2D eigenvalue weighted by molar-refractivity contribution is -0.137. The number of rotatable bonds is 4. The molecule has 2 aromatic rings. The Morgan fingerprint density at radius 3 is 2.91 bits per heavy atom. The fraction of sp³-hybridized carbons (Fsp3) is 0.176. The van der Waals surface area contributed by atoms with Crippen molar-refractivity contribution in [2.75, 3.05) is 5.32 Å². The van der Waals surface area contributed by atoms with Gasteiger partial charge in [-0.1, -0.05) is 22.0 Å². The van der Waals surface area contributed by atoms with Crippen LogP contribution in [0.5, 0.6) is 0 Å². The zero-order valence-corrected chi connectivity index (χ0v) is 14.0. The van der Waals surface area contributed by atoms with E-state index in [0.29, 0.717) is 12.0 Å². The molecule has 1 aliphatic heterocycles. The molecule has 23 heavy (non-hydrogen) atoms. The highest BCUT2D eigenvalue weighted by Crippen LogP contribution is 2.35. The number of amides is 1. The van der Waals surface area contributed by atoms with Crippen LogP contribution in [0.1, 0.15) is 28.8 Å². The normalized spacial score (nSPS) is 14.9. The van der Waals surface area contributed by atoms with Crippen LogP contribution in [-0.2, 0) is 16.0 Å². The molecule has 1 amide bonds. The molecule has 2 heterocycles. The molecule has 6 heteroatoms. The minimum absolute atomic E-state index is 0.0893. The van der Waals surface area contributed by atoms with Gasteiger partial charge in [-0.3, -0.25) is 9.59 Å². The van der Waals surface area contributed by atoms with Crippen LogP contribution in [0.4, 0.5) is 5.69 Å². The van der Waals surface area contributed by atoms with Crippen LogP contribution in [0, 0.1) is 6.92 Å². The van der Waals surface area contributed by atoms with Crippen molar-refractivity contribution in [2.45, 2.75) is 19.8 Å². The molecule has 0 fully saturated rings. The number of carbonyl (C=O) groups is 2. The van der Waals surface area contributed by atoms with Crippen LogP contribution in [0.2, 0.25) is 0 Å². The number of aryl methyl sites for hydroxylation is 1. The standard InChI is InChI=1S/C17H15BrN2O3/c1-9-10(2-5-16(21)22)8-19-14(9)7-13-12-4-3-11(18)6-15(12)20-17(13)23/h3-4,6-8,19H,2,5H2,1H3,(H,20,23)(H,21,22)/b13-7-. The number of halogens is 1. The first-order valence-electron chi connectivity index (χ1n) is 7.17. The zero-order chi connectivity index (χ0) is 16.6. The van der Waals surface area contributed by atoms with E-state index in [1.54, 1.807) is 6.20 Å². The second-order valence-electron chi connectivity index (χ2n) is 5.45. The molecule has 0 saturated carbocycles. The molecule has 0 radical (unpaired) electrons. The topological polar surface area (TPSA) is 82.2 Å². The highest BCUT2D eigenvalue weighted by molar-refractivity contribution is 9.10. The third-order valence-corrected chi connectivity index (χ3v) is 4.44. The summed E-state index contributed by atoms with van der Waals surface area (Å²) in [5.41, 5.74) is 4.99. The van der Waals surface area contributed by atoms with E-state index in [1.807, 2.05) is 31.2 Å². The summed E-state index contributed by atoms with van der Waals surface area (Å²) >= 11 is 3.39. The van der Waals surface area contributed by atoms with Crippen LogP contribution in [0.3, 0.4) is 0 Å². The van der Waals surface area contributed by atoms with Crippen molar-refractivity contribution in [1.82, 2.24) is 4.98 Å². The second kappa shape index (κ2) is 6.04. The molecule has 0 spiro atoms. The Kier molecular flexibility index (Phi) is 4.09. The van der Waals surface area contributed by atoms with Gasteiger partial charge in [-0.2, -0.15) is 0 Å². The number of carboxylic acid groups (broad SMARTS) is 1. The second-order valence-corrected chi connectivity index (χ2v) is 6.36. The molecular weight excluding hydrogens is 360 g/mol. The number of aliphatic carboxylic acids is 1. The Balaban J connectivity index is 1.94. The van der Waals surface area contributed by atoms with Crippen LogP contribution in [-0.4, -0.2) is 22.0 Å². The molecule has 0 atom stereocenters. The fourth-order valence-corrected chi connectivity index (χ4v) is 3.02. The van der Waals surface area contributed by atoms with Crippen molar-refractivity contribution < 1.29 is 14.7 Å². The van der Waals surface area contributed by atoms with Crippen LogP contribution in [0.25, 0.3) is 11.6 Å². The number of nitrogens with one attached hydrogen (secondary N) is 2. The van der Waals surface area contributed by atoms with Gasteiger partial charge in [-0.25, -0.2) is 0 Å². The summed E-state index contributed by atoms with van der Waals surface area (Å²) in [6.07, 6.45) is 4.18. The van der Waals surface area contributed by atoms with E-state index in [0.717, 1.165) is 32.5 Å². The van der Waals surface area contributed by atoms with E-state index in [-0.39, 0.29) is 12.3 Å². The van der Waals surface area contributed by atoms with Gasteiger partial charge < -0.3 is 15.4 Å². The van der Waals surface area contributed by atoms with Gasteiger partial charge in [-0.15, -0.1) is 0 Å². The summed E-state index contributed by atoms with van der Waals surface area (Å²) < 4.78 is 0.907. The minimum Gasteiger partial charge on any atom is -0.481 e. The number of aromatic amines is 1. The number of carbonyl (C=O) groups excluding carboxylic acids is 1. The lowest BCUT2D eigenvalue weighted by Gasteiger charge is -2.00. The summed E-state index contributed by atoms with van der Waals surface area (Å²) in [6.45, 7) is 1.93. The first kappa shape index (κ1) is 15.6. The molecule has 1 aliphatic rings. The number of hydrogen-bond donors (Lipinski definition) is 3. The number of hydrogen-bond acceptors (Lipinski definition) is 2. The average Bonchev–Trinajstić information content (AvgIpc) is 2.98. The number of H-pyrrole nitrogens is 1. The number of fused-ring (bicyclic) bond motifs is 1. The molecule has 5 nitrogen and oxygen atoms in total. The third kappa shape index (κ3) is 3.07. The third-order valence-electron chi connectivity index (χ3n) is 3.95. The number of carboxylic acids is 1. The van der Waals surface area contributed by atoms with Gasteiger partial charge in [0.15, 0.2) is 0 Å². The summed E-state index contributed by atoms with van der Waals surface area (Å²) in [4.78, 5) is 26.0. The van der Waals surface area contributed by atoms with Gasteiger partial charge in [0, 0.05) is 28.3 Å². The zero-order valence-electron chi connectivity index (χ0n) is 12.4. The number of benzene rings is 1. The SMILES string of the molecule is Cc1c(CCC(=O)O)c[nH]c1/C=C1\C(=O)Nc2cc(Br)ccc21. The molecule has 0 aliphatic carbocycles. The maximum absolute atomic E-state index is 12.2. The van der Waals surface area contributed by atoms with E-state index >= 15 is 0 Å². The maximum Gasteiger partial charge on any atom is 0.303 e. The van der Waals surface area contributed by atoms with Crippen LogP contribution < -0.4 is 5.32 Å². The molecule has 3 N–H and O–H groups in total. The molecule has 0 unspecified atom stereocenters. The van der Waals surface area contributed by atoms with Crippen molar-refractivity contribution >= 4 is 45.1 Å². The lowest BCUT2D eigenvalue weighted by Crippen LogP contribution is -2.03. The largest absolute Gasteiger partial charge is 0.481 e. The predicted octanol–water partition coefficient (Wildman–Crippen LogP) is 3.60. The van der Waals surface area contributed by atoms with Crippen molar-refractivity contribution in [1.29, 1.82) is 0 Å². The Hall–Kier alpha value is -2.34. The van der Waals surface area contributed by atoms with E-state index < -0.39 is 5.97 Å². The summed E-state index contributed by atoms with van der Waals surface area (Å²) in [7, 11) is 0. The summed E-state index contributed by atoms with van der Waals surface area (Å²) in [5.74, 6) is -0.959. The van der Waals surface area contributed by atoms with Crippen LogP contribution >= 0.6 is 15.9 Å². The first-order valence-corrected chi connectivity index (χ1v) is 7.96. The van der Waals surface area contributed by atoms with Crippen LogP contribution in [0.15, 0.2) is 28.9 Å². The highest BCUT2D eigenvalue weighted by Gasteiger charge is 2.24. The molecule has 0 saturated heterocycles. The summed E-state index contributed by atoms with van der Waals surface area (Å²) in [5, 5.41) is 11.6. The smallest absolute Gasteiger partial charge is 0.303 e. The van der Waals surface area contributed by atoms with E-state index in [1.165, 1.54) is 0 Å². The molecule has 118 valence electrons. The van der Waals surface area contributed by atoms with Crippen molar-refractivity contribution in [3.05, 3.63) is 51.3 Å². The van der Waals surface area contributed by atoms with Gasteiger partial charge in [0.1, 0.15) is 0 Å².